The third kappa shape index (κ3) is 4.73. The Balaban J connectivity index is 1.68. The van der Waals surface area contributed by atoms with Gasteiger partial charge >= 0.3 is 0 Å². The van der Waals surface area contributed by atoms with Crippen molar-refractivity contribution < 1.29 is 18.7 Å². The molecule has 0 bridgehead atoms. The number of rotatable bonds is 6. The van der Waals surface area contributed by atoms with E-state index in [-0.39, 0.29) is 24.2 Å². The molecule has 0 unspecified atom stereocenters. The summed E-state index contributed by atoms with van der Waals surface area (Å²) >= 11 is 0. The molecule has 0 aliphatic heterocycles. The second-order valence-corrected chi connectivity index (χ2v) is 6.04. The molecule has 0 saturated carbocycles. The van der Waals surface area contributed by atoms with Crippen LogP contribution in [0, 0.1) is 5.82 Å². The van der Waals surface area contributed by atoms with Crippen molar-refractivity contribution in [1.82, 2.24) is 5.32 Å². The molecule has 28 heavy (non-hydrogen) atoms. The number of para-hydroxylation sites is 2. The molecule has 0 heterocycles. The van der Waals surface area contributed by atoms with Gasteiger partial charge in [-0.15, -0.1) is 0 Å². The second-order valence-electron chi connectivity index (χ2n) is 6.04. The summed E-state index contributed by atoms with van der Waals surface area (Å²) in [5.41, 5.74) is 2.02. The zero-order chi connectivity index (χ0) is 19.9. The number of carbonyl (C=O) groups excluding carboxylic acids is 2. The van der Waals surface area contributed by atoms with Crippen molar-refractivity contribution in [1.29, 1.82) is 0 Å². The first kappa shape index (κ1) is 19.1. The number of anilines is 1. The summed E-state index contributed by atoms with van der Waals surface area (Å²) in [7, 11) is 1.52. The molecule has 0 saturated heterocycles. The van der Waals surface area contributed by atoms with Gasteiger partial charge < -0.3 is 15.4 Å². The van der Waals surface area contributed by atoms with E-state index < -0.39 is 0 Å². The molecule has 3 aromatic carbocycles. The average molecular weight is 378 g/mol. The maximum absolute atomic E-state index is 12.9. The van der Waals surface area contributed by atoms with Gasteiger partial charge in [-0.2, -0.15) is 0 Å². The lowest BCUT2D eigenvalue weighted by atomic mass is 10.1. The Morgan fingerprint density at radius 3 is 2.29 bits per heavy atom. The fourth-order valence-corrected chi connectivity index (χ4v) is 2.63. The van der Waals surface area contributed by atoms with Gasteiger partial charge in [0.25, 0.3) is 11.8 Å². The number of carbonyl (C=O) groups is 2. The largest absolute Gasteiger partial charge is 0.495 e. The molecule has 0 atom stereocenters. The molecule has 0 fully saturated rings. The SMILES string of the molecule is COc1ccccc1NC(=O)c1cccc(C(=O)NCc2ccc(F)cc2)c1. The van der Waals surface area contributed by atoms with Crippen molar-refractivity contribution in [2.45, 2.75) is 6.54 Å². The zero-order valence-electron chi connectivity index (χ0n) is 15.2. The summed E-state index contributed by atoms with van der Waals surface area (Å²) in [6.45, 7) is 0.261. The number of methoxy groups -OCH3 is 1. The number of nitrogens with one attached hydrogen (secondary N) is 2. The van der Waals surface area contributed by atoms with E-state index in [9.17, 15) is 14.0 Å². The summed E-state index contributed by atoms with van der Waals surface area (Å²) in [6.07, 6.45) is 0. The van der Waals surface area contributed by atoms with Crippen LogP contribution in [0.5, 0.6) is 5.75 Å². The van der Waals surface area contributed by atoms with Crippen LogP contribution in [0.2, 0.25) is 0 Å². The van der Waals surface area contributed by atoms with Gasteiger partial charge in [0.15, 0.2) is 0 Å². The van der Waals surface area contributed by atoms with Crippen LogP contribution in [0.4, 0.5) is 10.1 Å². The first-order valence-corrected chi connectivity index (χ1v) is 8.64. The van der Waals surface area contributed by atoms with Crippen LogP contribution in [-0.4, -0.2) is 18.9 Å². The molecule has 2 N–H and O–H groups in total. The molecule has 0 radical (unpaired) electrons. The Morgan fingerprint density at radius 2 is 1.57 bits per heavy atom. The third-order valence-corrected chi connectivity index (χ3v) is 4.11. The lowest BCUT2D eigenvalue weighted by Crippen LogP contribution is -2.23. The van der Waals surface area contributed by atoms with Gasteiger partial charge in [0.1, 0.15) is 11.6 Å². The van der Waals surface area contributed by atoms with E-state index in [4.69, 9.17) is 4.74 Å². The van der Waals surface area contributed by atoms with Crippen molar-refractivity contribution in [3.63, 3.8) is 0 Å². The van der Waals surface area contributed by atoms with Crippen molar-refractivity contribution in [2.75, 3.05) is 12.4 Å². The number of hydrogen-bond donors (Lipinski definition) is 2. The topological polar surface area (TPSA) is 67.4 Å². The fraction of sp³-hybridized carbons (Fsp3) is 0.0909. The molecule has 6 heteroatoms. The van der Waals surface area contributed by atoms with Crippen LogP contribution in [0.1, 0.15) is 26.3 Å². The van der Waals surface area contributed by atoms with Crippen LogP contribution in [0.15, 0.2) is 72.8 Å². The first-order chi connectivity index (χ1) is 13.6. The Morgan fingerprint density at radius 1 is 0.893 bits per heavy atom. The standard InChI is InChI=1S/C22H19FN2O3/c1-28-20-8-3-2-7-19(20)25-22(27)17-6-4-5-16(13-17)21(26)24-14-15-9-11-18(23)12-10-15/h2-13H,14H2,1H3,(H,24,26)(H,25,27). The van der Waals surface area contributed by atoms with Crippen molar-refractivity contribution in [2.24, 2.45) is 0 Å². The van der Waals surface area contributed by atoms with Crippen LogP contribution < -0.4 is 15.4 Å². The quantitative estimate of drug-likeness (QED) is 0.681. The number of hydrogen-bond acceptors (Lipinski definition) is 3. The Labute approximate surface area is 162 Å². The maximum Gasteiger partial charge on any atom is 0.255 e. The number of benzene rings is 3. The van der Waals surface area contributed by atoms with E-state index >= 15 is 0 Å². The number of halogens is 1. The first-order valence-electron chi connectivity index (χ1n) is 8.64. The van der Waals surface area contributed by atoms with E-state index in [0.29, 0.717) is 22.6 Å². The molecule has 3 aromatic rings. The number of amides is 2. The van der Waals surface area contributed by atoms with E-state index in [1.54, 1.807) is 54.6 Å². The van der Waals surface area contributed by atoms with Crippen molar-refractivity contribution >= 4 is 17.5 Å². The minimum Gasteiger partial charge on any atom is -0.495 e. The van der Waals surface area contributed by atoms with Gasteiger partial charge in [-0.25, -0.2) is 4.39 Å². The predicted molar refractivity (Wildman–Crippen MR) is 105 cm³/mol. The third-order valence-electron chi connectivity index (χ3n) is 4.11. The predicted octanol–water partition coefficient (Wildman–Crippen LogP) is 4.02. The van der Waals surface area contributed by atoms with Gasteiger partial charge in [0, 0.05) is 17.7 Å². The highest BCUT2D eigenvalue weighted by Crippen LogP contribution is 2.23. The van der Waals surface area contributed by atoms with E-state index in [0.717, 1.165) is 5.56 Å². The normalized spacial score (nSPS) is 10.2. The van der Waals surface area contributed by atoms with Crippen LogP contribution >= 0.6 is 0 Å². The highest BCUT2D eigenvalue weighted by atomic mass is 19.1. The molecule has 0 spiro atoms. The summed E-state index contributed by atoms with van der Waals surface area (Å²) < 4.78 is 18.2. The summed E-state index contributed by atoms with van der Waals surface area (Å²) in [6, 6.07) is 19.4. The van der Waals surface area contributed by atoms with Gasteiger partial charge in [-0.1, -0.05) is 30.3 Å². The highest BCUT2D eigenvalue weighted by molar-refractivity contribution is 6.06. The molecule has 0 aliphatic rings. The molecular formula is C22H19FN2O3. The van der Waals surface area contributed by atoms with Crippen LogP contribution in [0.3, 0.4) is 0 Å². The van der Waals surface area contributed by atoms with Gasteiger partial charge in [-0.3, -0.25) is 9.59 Å². The minimum absolute atomic E-state index is 0.261. The second kappa shape index (κ2) is 8.81. The monoisotopic (exact) mass is 378 g/mol. The molecule has 2 amide bonds. The van der Waals surface area contributed by atoms with Gasteiger partial charge in [-0.05, 0) is 48.0 Å². The van der Waals surface area contributed by atoms with E-state index in [1.807, 2.05) is 0 Å². The Bertz CT molecular complexity index is 987. The fourth-order valence-electron chi connectivity index (χ4n) is 2.63. The van der Waals surface area contributed by atoms with E-state index in [2.05, 4.69) is 10.6 Å². The minimum atomic E-state index is -0.349. The molecule has 3 rings (SSSR count). The van der Waals surface area contributed by atoms with Gasteiger partial charge in [0.2, 0.25) is 0 Å². The summed E-state index contributed by atoms with van der Waals surface area (Å²) in [4.78, 5) is 24.9. The molecule has 142 valence electrons. The lowest BCUT2D eigenvalue weighted by Gasteiger charge is -2.11. The van der Waals surface area contributed by atoms with Crippen LogP contribution in [-0.2, 0) is 6.54 Å². The maximum atomic E-state index is 12.9. The average Bonchev–Trinajstić information content (AvgIpc) is 2.73. The molecule has 0 aromatic heterocycles. The number of ether oxygens (including phenoxy) is 1. The molecule has 5 nitrogen and oxygen atoms in total. The van der Waals surface area contributed by atoms with Crippen molar-refractivity contribution in [3.8, 4) is 5.75 Å². The summed E-state index contributed by atoms with van der Waals surface area (Å²) in [5.74, 6) is -0.457. The van der Waals surface area contributed by atoms with Crippen LogP contribution in [0.25, 0.3) is 0 Å². The van der Waals surface area contributed by atoms with E-state index in [1.165, 1.54) is 25.3 Å². The Hall–Kier alpha value is -3.67. The van der Waals surface area contributed by atoms with Crippen molar-refractivity contribution in [3.05, 3.63) is 95.3 Å². The zero-order valence-corrected chi connectivity index (χ0v) is 15.2. The lowest BCUT2D eigenvalue weighted by molar-refractivity contribution is 0.0951. The summed E-state index contributed by atoms with van der Waals surface area (Å²) in [5, 5.41) is 5.53. The highest BCUT2D eigenvalue weighted by Gasteiger charge is 2.12. The smallest absolute Gasteiger partial charge is 0.255 e. The van der Waals surface area contributed by atoms with Gasteiger partial charge in [0.05, 0.1) is 12.8 Å². The molecule has 0 aliphatic carbocycles. The Kier molecular flexibility index (Phi) is 6.01. The molecular weight excluding hydrogens is 359 g/mol.